The Labute approximate surface area is 180 Å². The highest BCUT2D eigenvalue weighted by atomic mass is 127. The summed E-state index contributed by atoms with van der Waals surface area (Å²) in [7, 11) is 1.58. The van der Waals surface area contributed by atoms with Crippen LogP contribution in [0.25, 0.3) is 28.7 Å². The lowest BCUT2D eigenvalue weighted by molar-refractivity contribution is 0.414. The first-order valence-corrected chi connectivity index (χ1v) is 9.93. The summed E-state index contributed by atoms with van der Waals surface area (Å²) in [5.74, 6) is 0.820. The van der Waals surface area contributed by atoms with Gasteiger partial charge < -0.3 is 4.74 Å². The topological polar surface area (TPSA) is 44.1 Å². The smallest absolute Gasteiger partial charge is 0.266 e. The average Bonchev–Trinajstić information content (AvgIpc) is 2.74. The Morgan fingerprint density at radius 2 is 1.83 bits per heavy atom. The second kappa shape index (κ2) is 8.16. The van der Waals surface area contributed by atoms with Crippen molar-refractivity contribution in [3.8, 4) is 11.4 Å². The molecule has 0 saturated heterocycles. The molecule has 3 aromatic carbocycles. The van der Waals surface area contributed by atoms with Gasteiger partial charge in [0.15, 0.2) is 0 Å². The summed E-state index contributed by atoms with van der Waals surface area (Å²) in [5, 5.41) is 0.540. The zero-order chi connectivity index (χ0) is 20.4. The maximum absolute atomic E-state index is 13.4. The first kappa shape index (κ1) is 19.3. The minimum absolute atomic E-state index is 0.166. The third-order valence-electron chi connectivity index (χ3n) is 4.46. The van der Waals surface area contributed by atoms with Crippen molar-refractivity contribution in [2.75, 3.05) is 7.11 Å². The molecule has 0 saturated carbocycles. The fraction of sp³-hybridized carbons (Fsp3) is 0.0435. The Morgan fingerprint density at radius 3 is 2.59 bits per heavy atom. The van der Waals surface area contributed by atoms with E-state index in [4.69, 9.17) is 9.72 Å². The van der Waals surface area contributed by atoms with Crippen molar-refractivity contribution in [2.45, 2.75) is 0 Å². The van der Waals surface area contributed by atoms with Crippen molar-refractivity contribution < 1.29 is 9.13 Å². The summed E-state index contributed by atoms with van der Waals surface area (Å²) in [6.07, 6.45) is 3.56. The van der Waals surface area contributed by atoms with Crippen LogP contribution in [-0.4, -0.2) is 16.7 Å². The second-order valence-electron chi connectivity index (χ2n) is 6.36. The van der Waals surface area contributed by atoms with Gasteiger partial charge in [-0.25, -0.2) is 9.37 Å². The Morgan fingerprint density at radius 1 is 1.03 bits per heavy atom. The lowest BCUT2D eigenvalue weighted by Gasteiger charge is -2.12. The number of benzene rings is 3. The number of halogens is 2. The number of nitrogens with zero attached hydrogens (tertiary/aromatic N) is 2. The molecular weight excluding hydrogens is 482 g/mol. The third-order valence-corrected chi connectivity index (χ3v) is 5.13. The van der Waals surface area contributed by atoms with Crippen LogP contribution in [0.1, 0.15) is 11.4 Å². The van der Waals surface area contributed by atoms with E-state index in [2.05, 4.69) is 22.6 Å². The van der Waals surface area contributed by atoms with E-state index in [1.807, 2.05) is 36.4 Å². The molecular formula is C23H16FIN2O2. The molecule has 0 amide bonds. The molecule has 0 aliphatic heterocycles. The fourth-order valence-corrected chi connectivity index (χ4v) is 3.52. The van der Waals surface area contributed by atoms with E-state index in [0.29, 0.717) is 28.2 Å². The number of aromatic nitrogens is 2. The van der Waals surface area contributed by atoms with Gasteiger partial charge in [-0.3, -0.25) is 9.36 Å². The molecule has 144 valence electrons. The van der Waals surface area contributed by atoms with Crippen LogP contribution in [0.2, 0.25) is 0 Å². The molecule has 29 heavy (non-hydrogen) atoms. The minimum atomic E-state index is -0.297. The maximum Gasteiger partial charge on any atom is 0.266 e. The molecule has 4 aromatic rings. The van der Waals surface area contributed by atoms with E-state index < -0.39 is 0 Å². The minimum Gasteiger partial charge on any atom is -0.497 e. The van der Waals surface area contributed by atoms with Crippen molar-refractivity contribution >= 4 is 45.6 Å². The summed E-state index contributed by atoms with van der Waals surface area (Å²) in [5.41, 5.74) is 1.91. The van der Waals surface area contributed by atoms with Gasteiger partial charge in [-0.05, 0) is 76.7 Å². The number of methoxy groups -OCH3 is 1. The highest BCUT2D eigenvalue weighted by Crippen LogP contribution is 2.20. The number of ether oxygens (including phenoxy) is 1. The summed E-state index contributed by atoms with van der Waals surface area (Å²) >= 11 is 2.18. The number of fused-ring (bicyclic) bond motifs is 1. The Balaban J connectivity index is 1.94. The van der Waals surface area contributed by atoms with Gasteiger partial charge in [0.05, 0.1) is 23.7 Å². The molecule has 0 spiro atoms. The summed E-state index contributed by atoms with van der Waals surface area (Å²) in [4.78, 5) is 18.1. The van der Waals surface area contributed by atoms with E-state index >= 15 is 0 Å². The summed E-state index contributed by atoms with van der Waals surface area (Å²) in [6.45, 7) is 0. The van der Waals surface area contributed by atoms with Crippen LogP contribution in [0.3, 0.4) is 0 Å². The van der Waals surface area contributed by atoms with Gasteiger partial charge >= 0.3 is 0 Å². The summed E-state index contributed by atoms with van der Waals surface area (Å²) < 4.78 is 21.0. The molecule has 0 unspecified atom stereocenters. The molecule has 0 bridgehead atoms. The van der Waals surface area contributed by atoms with Crippen LogP contribution < -0.4 is 10.3 Å². The average molecular weight is 498 g/mol. The molecule has 0 radical (unpaired) electrons. The highest BCUT2D eigenvalue weighted by molar-refractivity contribution is 14.1. The highest BCUT2D eigenvalue weighted by Gasteiger charge is 2.12. The first-order chi connectivity index (χ1) is 14.0. The Kier molecular flexibility index (Phi) is 5.44. The predicted octanol–water partition coefficient (Wildman–Crippen LogP) is 5.31. The molecule has 0 fully saturated rings. The van der Waals surface area contributed by atoms with Crippen LogP contribution in [-0.2, 0) is 0 Å². The zero-order valence-corrected chi connectivity index (χ0v) is 17.6. The first-order valence-electron chi connectivity index (χ1n) is 8.85. The normalized spacial score (nSPS) is 11.3. The largest absolute Gasteiger partial charge is 0.497 e. The van der Waals surface area contributed by atoms with Crippen molar-refractivity contribution in [3.05, 3.63) is 97.9 Å². The monoisotopic (exact) mass is 498 g/mol. The molecule has 4 rings (SSSR count). The summed E-state index contributed by atoms with van der Waals surface area (Å²) in [6, 6.07) is 19.0. The SMILES string of the molecule is COc1cccc(-n2c(C=Cc3ccc(F)cc3)nc3ccc(I)cc3c2=O)c1. The van der Waals surface area contributed by atoms with Gasteiger partial charge in [-0.15, -0.1) is 0 Å². The van der Waals surface area contributed by atoms with Crippen LogP contribution in [0.5, 0.6) is 5.75 Å². The molecule has 0 aliphatic carbocycles. The molecule has 0 N–H and O–H groups in total. The number of hydrogen-bond donors (Lipinski definition) is 0. The van der Waals surface area contributed by atoms with Crippen LogP contribution in [0, 0.1) is 9.39 Å². The maximum atomic E-state index is 13.4. The fourth-order valence-electron chi connectivity index (χ4n) is 3.03. The van der Waals surface area contributed by atoms with Gasteiger partial charge in [0.1, 0.15) is 17.4 Å². The van der Waals surface area contributed by atoms with E-state index in [1.54, 1.807) is 42.0 Å². The number of rotatable bonds is 4. The molecule has 0 atom stereocenters. The van der Waals surface area contributed by atoms with Gasteiger partial charge in [0.2, 0.25) is 0 Å². The molecule has 0 aliphatic rings. The standard InChI is InChI=1S/C23H16FIN2O2/c1-29-19-4-2-3-18(14-19)27-22(12-7-15-5-8-16(24)9-6-15)26-21-11-10-17(25)13-20(21)23(27)28/h2-14H,1H3. The van der Waals surface area contributed by atoms with Crippen LogP contribution in [0.4, 0.5) is 4.39 Å². The van der Waals surface area contributed by atoms with E-state index in [9.17, 15) is 9.18 Å². The van der Waals surface area contributed by atoms with Gasteiger partial charge in [0.25, 0.3) is 5.56 Å². The lowest BCUT2D eigenvalue weighted by Crippen LogP contribution is -2.22. The van der Waals surface area contributed by atoms with Crippen LogP contribution in [0.15, 0.2) is 71.5 Å². The zero-order valence-electron chi connectivity index (χ0n) is 15.5. The molecule has 4 nitrogen and oxygen atoms in total. The van der Waals surface area contributed by atoms with Gasteiger partial charge in [-0.1, -0.05) is 24.3 Å². The Hall–Kier alpha value is -3.00. The molecule has 6 heteroatoms. The van der Waals surface area contributed by atoms with E-state index in [1.165, 1.54) is 12.1 Å². The third kappa shape index (κ3) is 4.07. The van der Waals surface area contributed by atoms with Crippen molar-refractivity contribution in [1.82, 2.24) is 9.55 Å². The number of hydrogen-bond acceptors (Lipinski definition) is 3. The molecule has 1 heterocycles. The lowest BCUT2D eigenvalue weighted by atomic mass is 10.2. The second-order valence-corrected chi connectivity index (χ2v) is 7.60. The van der Waals surface area contributed by atoms with Gasteiger partial charge in [-0.2, -0.15) is 0 Å². The van der Waals surface area contributed by atoms with Crippen molar-refractivity contribution in [1.29, 1.82) is 0 Å². The van der Waals surface area contributed by atoms with E-state index in [-0.39, 0.29) is 11.4 Å². The molecule has 1 aromatic heterocycles. The van der Waals surface area contributed by atoms with Gasteiger partial charge in [0, 0.05) is 9.64 Å². The van der Waals surface area contributed by atoms with E-state index in [0.717, 1.165) is 9.13 Å². The van der Waals surface area contributed by atoms with Crippen molar-refractivity contribution in [3.63, 3.8) is 0 Å². The predicted molar refractivity (Wildman–Crippen MR) is 122 cm³/mol. The van der Waals surface area contributed by atoms with Crippen molar-refractivity contribution in [2.24, 2.45) is 0 Å². The quantitative estimate of drug-likeness (QED) is 0.359. The Bertz CT molecular complexity index is 1280. The van der Waals surface area contributed by atoms with Crippen LogP contribution >= 0.6 is 22.6 Å².